The number of ether oxygens (including phenoxy) is 1. The van der Waals surface area contributed by atoms with E-state index in [0.717, 1.165) is 50.9 Å². The summed E-state index contributed by atoms with van der Waals surface area (Å²) in [5.74, 6) is -0.285. The molecule has 1 heterocycles. The fraction of sp³-hybridized carbons (Fsp3) is 0.625. The minimum absolute atomic E-state index is 0.287. The lowest BCUT2D eigenvalue weighted by molar-refractivity contribution is 0.0696. The van der Waals surface area contributed by atoms with E-state index in [2.05, 4.69) is 24.1 Å². The molecule has 0 aliphatic carbocycles. The molecule has 0 saturated heterocycles. The number of unbranched alkanes of at least 4 members (excludes halogenated alkanes) is 1. The zero-order valence-electron chi connectivity index (χ0n) is 13.0. The van der Waals surface area contributed by atoms with Crippen LogP contribution in [0.15, 0.2) is 12.1 Å². The lowest BCUT2D eigenvalue weighted by Crippen LogP contribution is -2.10. The summed E-state index contributed by atoms with van der Waals surface area (Å²) in [5.41, 5.74) is 1.11. The van der Waals surface area contributed by atoms with Crippen molar-refractivity contribution in [3.8, 4) is 0 Å². The minimum atomic E-state index is -0.916. The van der Waals surface area contributed by atoms with Crippen molar-refractivity contribution in [2.24, 2.45) is 0 Å². The van der Waals surface area contributed by atoms with E-state index >= 15 is 0 Å². The van der Waals surface area contributed by atoms with Gasteiger partial charge < -0.3 is 15.2 Å². The molecule has 0 atom stereocenters. The van der Waals surface area contributed by atoms with Crippen molar-refractivity contribution in [1.82, 2.24) is 4.98 Å². The zero-order valence-corrected chi connectivity index (χ0v) is 13.0. The van der Waals surface area contributed by atoms with Crippen LogP contribution in [0.2, 0.25) is 0 Å². The quantitative estimate of drug-likeness (QED) is 0.612. The Kier molecular flexibility index (Phi) is 8.43. The molecule has 0 radical (unpaired) electrons. The molecule has 118 valence electrons. The van der Waals surface area contributed by atoms with Crippen LogP contribution in [0.3, 0.4) is 0 Å². The number of aryl methyl sites for hydroxylation is 1. The molecular weight excluding hydrogens is 268 g/mol. The fourth-order valence-electron chi connectivity index (χ4n) is 1.93. The Balaban J connectivity index is 2.44. The average molecular weight is 294 g/mol. The number of aromatic carboxylic acids is 1. The topological polar surface area (TPSA) is 71.5 Å². The average Bonchev–Trinajstić information content (AvgIpc) is 2.46. The van der Waals surface area contributed by atoms with Crippen molar-refractivity contribution in [2.45, 2.75) is 46.0 Å². The zero-order chi connectivity index (χ0) is 15.5. The first-order valence-electron chi connectivity index (χ1n) is 7.73. The first-order valence-corrected chi connectivity index (χ1v) is 7.73. The summed E-state index contributed by atoms with van der Waals surface area (Å²) in [6.07, 6.45) is 4.85. The molecule has 0 unspecified atom stereocenters. The first kappa shape index (κ1) is 17.4. The molecule has 21 heavy (non-hydrogen) atoms. The third-order valence-electron chi connectivity index (χ3n) is 3.05. The second-order valence-corrected chi connectivity index (χ2v) is 5.03. The Hall–Kier alpha value is -1.62. The summed E-state index contributed by atoms with van der Waals surface area (Å²) < 4.78 is 5.48. The van der Waals surface area contributed by atoms with E-state index in [0.29, 0.717) is 12.4 Å². The summed E-state index contributed by atoms with van der Waals surface area (Å²) >= 11 is 0. The van der Waals surface area contributed by atoms with Gasteiger partial charge in [0.1, 0.15) is 5.82 Å². The van der Waals surface area contributed by atoms with Gasteiger partial charge in [0.05, 0.1) is 5.56 Å². The number of anilines is 1. The van der Waals surface area contributed by atoms with E-state index in [1.807, 2.05) is 0 Å². The van der Waals surface area contributed by atoms with Crippen molar-refractivity contribution < 1.29 is 14.6 Å². The molecule has 0 aliphatic rings. The van der Waals surface area contributed by atoms with Gasteiger partial charge in [0.15, 0.2) is 0 Å². The summed E-state index contributed by atoms with van der Waals surface area (Å²) in [6, 6.07) is 3.23. The van der Waals surface area contributed by atoms with Crippen LogP contribution in [0.1, 0.15) is 55.6 Å². The number of rotatable bonds is 11. The Morgan fingerprint density at radius 2 is 2.00 bits per heavy atom. The minimum Gasteiger partial charge on any atom is -0.478 e. The molecular formula is C16H26N2O3. The van der Waals surface area contributed by atoms with Crippen LogP contribution in [-0.4, -0.2) is 35.8 Å². The second-order valence-electron chi connectivity index (χ2n) is 5.03. The third kappa shape index (κ3) is 7.09. The molecule has 0 aliphatic heterocycles. The number of pyridine rings is 1. The maximum atomic E-state index is 11.1. The van der Waals surface area contributed by atoms with E-state index in [-0.39, 0.29) is 5.56 Å². The largest absolute Gasteiger partial charge is 0.478 e. The predicted octanol–water partition coefficient (Wildman–Crippen LogP) is 3.35. The summed E-state index contributed by atoms with van der Waals surface area (Å²) in [6.45, 7) is 6.45. The molecule has 5 heteroatoms. The van der Waals surface area contributed by atoms with E-state index in [4.69, 9.17) is 9.84 Å². The van der Waals surface area contributed by atoms with Gasteiger partial charge in [-0.1, -0.05) is 26.7 Å². The maximum Gasteiger partial charge on any atom is 0.335 e. The molecule has 0 bridgehead atoms. The van der Waals surface area contributed by atoms with E-state index in [1.54, 1.807) is 12.1 Å². The highest BCUT2D eigenvalue weighted by molar-refractivity contribution is 5.88. The highest BCUT2D eigenvalue weighted by Gasteiger charge is 2.08. The number of carboxylic acid groups (broad SMARTS) is 1. The number of nitrogens with one attached hydrogen (secondary N) is 1. The molecule has 1 rings (SSSR count). The van der Waals surface area contributed by atoms with Crippen molar-refractivity contribution in [3.63, 3.8) is 0 Å². The normalized spacial score (nSPS) is 10.6. The van der Waals surface area contributed by atoms with Gasteiger partial charge >= 0.3 is 5.97 Å². The molecule has 2 N–H and O–H groups in total. The fourth-order valence-corrected chi connectivity index (χ4v) is 1.93. The molecule has 1 aromatic rings. The Morgan fingerprint density at radius 1 is 1.24 bits per heavy atom. The molecule has 5 nitrogen and oxygen atoms in total. The van der Waals surface area contributed by atoms with Crippen LogP contribution in [0.25, 0.3) is 0 Å². The van der Waals surface area contributed by atoms with Crippen LogP contribution in [0.5, 0.6) is 0 Å². The van der Waals surface area contributed by atoms with Crippen molar-refractivity contribution >= 4 is 11.8 Å². The molecule has 1 aromatic heterocycles. The van der Waals surface area contributed by atoms with Gasteiger partial charge in [0.2, 0.25) is 0 Å². The standard InChI is InChI=1S/C16H26N2O3/c1-3-5-9-21-10-6-8-17-15-12-13(16(19)20)11-14(18-15)7-4-2/h11-12H,3-10H2,1-2H3,(H,17,18)(H,19,20). The molecule has 0 fully saturated rings. The number of nitrogens with zero attached hydrogens (tertiary/aromatic N) is 1. The van der Waals surface area contributed by atoms with E-state index in [1.165, 1.54) is 0 Å². The summed E-state index contributed by atoms with van der Waals surface area (Å²) in [4.78, 5) is 15.5. The van der Waals surface area contributed by atoms with Gasteiger partial charge in [-0.3, -0.25) is 0 Å². The van der Waals surface area contributed by atoms with Gasteiger partial charge in [-0.2, -0.15) is 0 Å². The summed E-state index contributed by atoms with van der Waals surface area (Å²) in [5, 5.41) is 12.3. The van der Waals surface area contributed by atoms with E-state index in [9.17, 15) is 4.79 Å². The SMILES string of the molecule is CCCCOCCCNc1cc(C(=O)O)cc(CCC)n1. The van der Waals surface area contributed by atoms with Gasteiger partial charge in [-0.15, -0.1) is 0 Å². The van der Waals surface area contributed by atoms with E-state index < -0.39 is 5.97 Å². The van der Waals surface area contributed by atoms with Crippen LogP contribution >= 0.6 is 0 Å². The van der Waals surface area contributed by atoms with Crippen LogP contribution < -0.4 is 5.32 Å². The number of hydrogen-bond acceptors (Lipinski definition) is 4. The van der Waals surface area contributed by atoms with Crippen LogP contribution in [0.4, 0.5) is 5.82 Å². The Labute approximate surface area is 126 Å². The number of carbonyl (C=O) groups is 1. The smallest absolute Gasteiger partial charge is 0.335 e. The maximum absolute atomic E-state index is 11.1. The lowest BCUT2D eigenvalue weighted by Gasteiger charge is -2.09. The predicted molar refractivity (Wildman–Crippen MR) is 84.0 cm³/mol. The second kappa shape index (κ2) is 10.2. The third-order valence-corrected chi connectivity index (χ3v) is 3.05. The Bertz CT molecular complexity index is 436. The van der Waals surface area contributed by atoms with Crippen molar-refractivity contribution in [2.75, 3.05) is 25.1 Å². The van der Waals surface area contributed by atoms with Crippen molar-refractivity contribution in [1.29, 1.82) is 0 Å². The number of carboxylic acids is 1. The van der Waals surface area contributed by atoms with Gasteiger partial charge in [0, 0.05) is 25.5 Å². The highest BCUT2D eigenvalue weighted by atomic mass is 16.5. The highest BCUT2D eigenvalue weighted by Crippen LogP contribution is 2.12. The molecule has 0 amide bonds. The summed E-state index contributed by atoms with van der Waals surface area (Å²) in [7, 11) is 0. The van der Waals surface area contributed by atoms with Crippen LogP contribution in [0, 0.1) is 0 Å². The molecule has 0 spiro atoms. The number of aromatic nitrogens is 1. The first-order chi connectivity index (χ1) is 10.2. The lowest BCUT2D eigenvalue weighted by atomic mass is 10.1. The monoisotopic (exact) mass is 294 g/mol. The Morgan fingerprint density at radius 3 is 2.67 bits per heavy atom. The van der Waals surface area contributed by atoms with Gasteiger partial charge in [-0.05, 0) is 31.4 Å². The number of hydrogen-bond donors (Lipinski definition) is 2. The van der Waals surface area contributed by atoms with Crippen LogP contribution in [-0.2, 0) is 11.2 Å². The van der Waals surface area contributed by atoms with Crippen molar-refractivity contribution in [3.05, 3.63) is 23.4 Å². The van der Waals surface area contributed by atoms with Gasteiger partial charge in [0.25, 0.3) is 0 Å². The molecule has 0 aromatic carbocycles. The molecule has 0 saturated carbocycles. The van der Waals surface area contributed by atoms with Gasteiger partial charge in [-0.25, -0.2) is 9.78 Å².